The molecule has 0 spiro atoms. The molecule has 0 bridgehead atoms. The van der Waals surface area contributed by atoms with E-state index in [4.69, 9.17) is 9.47 Å². The Hall–Kier alpha value is -1.81. The van der Waals surface area contributed by atoms with Crippen LogP contribution in [0.25, 0.3) is 5.69 Å². The number of ether oxygens (including phenoxy) is 2. The van der Waals surface area contributed by atoms with Crippen molar-refractivity contribution in [2.24, 2.45) is 0 Å². The number of rotatable bonds is 11. The molecule has 7 nitrogen and oxygen atoms in total. The summed E-state index contributed by atoms with van der Waals surface area (Å²) < 4.78 is 14.0. The third-order valence-corrected chi connectivity index (χ3v) is 5.55. The van der Waals surface area contributed by atoms with Gasteiger partial charge in [-0.15, -0.1) is 17.5 Å². The summed E-state index contributed by atoms with van der Waals surface area (Å²) in [6.07, 6.45) is 0.988. The zero-order chi connectivity index (χ0) is 20.5. The van der Waals surface area contributed by atoms with Gasteiger partial charge in [0.2, 0.25) is 5.16 Å². The van der Waals surface area contributed by atoms with Crippen LogP contribution < -0.4 is 14.8 Å². The van der Waals surface area contributed by atoms with Gasteiger partial charge in [0, 0.05) is 22.3 Å². The van der Waals surface area contributed by atoms with Crippen molar-refractivity contribution in [3.63, 3.8) is 0 Å². The van der Waals surface area contributed by atoms with Crippen LogP contribution in [0.2, 0.25) is 0 Å². The van der Waals surface area contributed by atoms with Crippen molar-refractivity contribution < 1.29 is 9.47 Å². The first-order chi connectivity index (χ1) is 14.2. The number of para-hydroxylation sites is 1. The lowest BCUT2D eigenvalue weighted by Crippen LogP contribution is -2.16. The lowest BCUT2D eigenvalue weighted by atomic mass is 10.2. The van der Waals surface area contributed by atoms with Gasteiger partial charge in [0.25, 0.3) is 0 Å². The van der Waals surface area contributed by atoms with E-state index < -0.39 is 0 Å². The Morgan fingerprint density at radius 1 is 1.20 bits per heavy atom. The lowest BCUT2D eigenvalue weighted by molar-refractivity contribution is 0.306. The van der Waals surface area contributed by atoms with Crippen LogP contribution in [0.4, 0.5) is 0 Å². The molecular weight excluding hydrogens is 490 g/mol. The van der Waals surface area contributed by atoms with Gasteiger partial charge in [0.05, 0.1) is 19.4 Å². The molecule has 10 heteroatoms. The maximum absolute atomic E-state index is 5.78. The van der Waals surface area contributed by atoms with Crippen molar-refractivity contribution in [1.82, 2.24) is 25.5 Å². The van der Waals surface area contributed by atoms with Crippen LogP contribution in [0.5, 0.6) is 11.5 Å². The summed E-state index contributed by atoms with van der Waals surface area (Å²) in [7, 11) is 1.65. The van der Waals surface area contributed by atoms with Gasteiger partial charge in [-0.05, 0) is 54.6 Å². The molecule has 0 saturated heterocycles. The standard InChI is InChI=1S/C20H24BrN5O2S.ClH/c1-3-28-19-15(12-16(21)13-18(19)27-2)14-22-10-7-11-29-20-23-24-25-26(20)17-8-5-4-6-9-17;/h4-6,8-9,12-13,22H,3,7,10-11,14H2,1-2H3;1H. The first-order valence-electron chi connectivity index (χ1n) is 9.39. The third kappa shape index (κ3) is 6.60. The highest BCUT2D eigenvalue weighted by atomic mass is 79.9. The van der Waals surface area contributed by atoms with E-state index in [0.717, 1.165) is 51.1 Å². The summed E-state index contributed by atoms with van der Waals surface area (Å²) in [5.74, 6) is 2.45. The fraction of sp³-hybridized carbons (Fsp3) is 0.350. The fourth-order valence-electron chi connectivity index (χ4n) is 2.80. The van der Waals surface area contributed by atoms with E-state index >= 15 is 0 Å². The Morgan fingerprint density at radius 2 is 2.00 bits per heavy atom. The maximum Gasteiger partial charge on any atom is 0.214 e. The Kier molecular flexibility index (Phi) is 10.4. The van der Waals surface area contributed by atoms with Gasteiger partial charge in [-0.2, -0.15) is 4.68 Å². The van der Waals surface area contributed by atoms with E-state index in [1.807, 2.05) is 43.3 Å². The van der Waals surface area contributed by atoms with Gasteiger partial charge in [-0.3, -0.25) is 0 Å². The van der Waals surface area contributed by atoms with Crippen molar-refractivity contribution in [3.8, 4) is 17.2 Å². The molecule has 0 aliphatic heterocycles. The van der Waals surface area contributed by atoms with E-state index in [0.29, 0.717) is 13.2 Å². The van der Waals surface area contributed by atoms with Crippen molar-refractivity contribution in [3.05, 3.63) is 52.5 Å². The molecule has 2 aromatic carbocycles. The van der Waals surface area contributed by atoms with E-state index in [1.165, 1.54) is 0 Å². The summed E-state index contributed by atoms with van der Waals surface area (Å²) in [4.78, 5) is 0. The Morgan fingerprint density at radius 3 is 2.73 bits per heavy atom. The number of hydrogen-bond acceptors (Lipinski definition) is 7. The van der Waals surface area contributed by atoms with Gasteiger partial charge < -0.3 is 14.8 Å². The molecule has 3 rings (SSSR count). The zero-order valence-corrected chi connectivity index (χ0v) is 20.1. The molecule has 30 heavy (non-hydrogen) atoms. The number of nitrogens with zero attached hydrogens (tertiary/aromatic N) is 4. The summed E-state index contributed by atoms with van der Waals surface area (Å²) >= 11 is 5.18. The van der Waals surface area contributed by atoms with E-state index in [9.17, 15) is 0 Å². The molecule has 0 aliphatic rings. The highest BCUT2D eigenvalue weighted by Gasteiger charge is 2.12. The van der Waals surface area contributed by atoms with Gasteiger partial charge in [-0.1, -0.05) is 45.9 Å². The molecule has 162 valence electrons. The predicted octanol–water partition coefficient (Wildman–Crippen LogP) is 4.53. The summed E-state index contributed by atoms with van der Waals surface area (Å²) in [5.41, 5.74) is 2.03. The average Bonchev–Trinajstić information content (AvgIpc) is 3.21. The first-order valence-corrected chi connectivity index (χ1v) is 11.2. The fourth-order valence-corrected chi connectivity index (χ4v) is 4.11. The molecule has 0 unspecified atom stereocenters. The molecule has 1 N–H and O–H groups in total. The van der Waals surface area contributed by atoms with E-state index in [-0.39, 0.29) is 12.4 Å². The largest absolute Gasteiger partial charge is 0.493 e. The molecule has 0 saturated carbocycles. The molecule has 3 aromatic rings. The van der Waals surface area contributed by atoms with Gasteiger partial charge in [-0.25, -0.2) is 0 Å². The van der Waals surface area contributed by atoms with Crippen LogP contribution in [0, 0.1) is 0 Å². The molecule has 0 aliphatic carbocycles. The van der Waals surface area contributed by atoms with Crippen molar-refractivity contribution in [1.29, 1.82) is 0 Å². The average molecular weight is 515 g/mol. The van der Waals surface area contributed by atoms with Crippen LogP contribution >= 0.6 is 40.1 Å². The first kappa shape index (κ1) is 24.5. The summed E-state index contributed by atoms with van der Waals surface area (Å²) in [6, 6.07) is 13.9. The second-order valence-electron chi connectivity index (χ2n) is 6.12. The SMILES string of the molecule is CCOc1c(CNCCCSc2nnnn2-c2ccccc2)cc(Br)cc1OC.Cl. The monoisotopic (exact) mass is 513 g/mol. The summed E-state index contributed by atoms with van der Waals surface area (Å²) in [5, 5.41) is 16.3. The van der Waals surface area contributed by atoms with Crippen molar-refractivity contribution >= 4 is 40.1 Å². The Labute approximate surface area is 195 Å². The van der Waals surface area contributed by atoms with Crippen LogP contribution in [-0.2, 0) is 6.54 Å². The third-order valence-electron chi connectivity index (χ3n) is 4.09. The number of halogens is 2. The second-order valence-corrected chi connectivity index (χ2v) is 8.09. The minimum absolute atomic E-state index is 0. The second kappa shape index (κ2) is 12.8. The number of nitrogens with one attached hydrogen (secondary N) is 1. The molecule has 0 atom stereocenters. The molecule has 0 radical (unpaired) electrons. The normalized spacial score (nSPS) is 10.5. The molecule has 1 heterocycles. The highest BCUT2D eigenvalue weighted by Crippen LogP contribution is 2.34. The topological polar surface area (TPSA) is 74.1 Å². The molecular formula is C20H25BrClN5O2S. The van der Waals surface area contributed by atoms with Crippen LogP contribution in [0.1, 0.15) is 18.9 Å². The maximum atomic E-state index is 5.78. The van der Waals surface area contributed by atoms with Crippen molar-refractivity contribution in [2.75, 3.05) is 26.0 Å². The minimum Gasteiger partial charge on any atom is -0.493 e. The Bertz CT molecular complexity index is 913. The number of hydrogen-bond donors (Lipinski definition) is 1. The molecule has 0 amide bonds. The zero-order valence-electron chi connectivity index (χ0n) is 16.9. The number of thioether (sulfide) groups is 1. The number of tetrazole rings is 1. The Balaban J connectivity index is 0.00000320. The van der Waals surface area contributed by atoms with Gasteiger partial charge in [0.15, 0.2) is 11.5 Å². The van der Waals surface area contributed by atoms with E-state index in [1.54, 1.807) is 23.6 Å². The quantitative estimate of drug-likeness (QED) is 0.298. The van der Waals surface area contributed by atoms with Crippen LogP contribution in [0.15, 0.2) is 52.1 Å². The van der Waals surface area contributed by atoms with Crippen LogP contribution in [-0.4, -0.2) is 46.2 Å². The van der Waals surface area contributed by atoms with Gasteiger partial charge in [0.1, 0.15) is 0 Å². The number of aromatic nitrogens is 4. The van der Waals surface area contributed by atoms with Crippen molar-refractivity contribution in [2.45, 2.75) is 25.0 Å². The molecule has 0 fully saturated rings. The van der Waals surface area contributed by atoms with E-state index in [2.05, 4.69) is 42.8 Å². The number of benzene rings is 2. The number of methoxy groups -OCH3 is 1. The van der Waals surface area contributed by atoms with Crippen LogP contribution in [0.3, 0.4) is 0 Å². The minimum atomic E-state index is 0. The lowest BCUT2D eigenvalue weighted by Gasteiger charge is -2.15. The van der Waals surface area contributed by atoms with Gasteiger partial charge >= 0.3 is 0 Å². The smallest absolute Gasteiger partial charge is 0.214 e. The molecule has 1 aromatic heterocycles. The highest BCUT2D eigenvalue weighted by molar-refractivity contribution is 9.10. The summed E-state index contributed by atoms with van der Waals surface area (Å²) in [6.45, 7) is 4.15. The predicted molar refractivity (Wildman–Crippen MR) is 125 cm³/mol.